The Balaban J connectivity index is 2.86. The number of aromatic nitrogens is 2. The third-order valence-corrected chi connectivity index (χ3v) is 5.09. The van der Waals surface area contributed by atoms with Crippen molar-refractivity contribution in [2.24, 2.45) is 17.3 Å². The lowest BCUT2D eigenvalue weighted by atomic mass is 9.78. The van der Waals surface area contributed by atoms with Crippen LogP contribution in [0, 0.1) is 24.2 Å². The monoisotopic (exact) mass is 357 g/mol. The van der Waals surface area contributed by atoms with Crippen LogP contribution in [0.3, 0.4) is 0 Å². The van der Waals surface area contributed by atoms with Gasteiger partial charge in [0.1, 0.15) is 0 Å². The molecule has 21 heavy (non-hydrogen) atoms. The van der Waals surface area contributed by atoms with Crippen LogP contribution in [0.1, 0.15) is 52.9 Å². The van der Waals surface area contributed by atoms with E-state index >= 15 is 0 Å². The maximum atomic E-state index is 4.62. The standard InChI is InChI=1S/C17H32BrN3/c1-8-21-15(16(18)13(4)20-21)9-14(17(5,6)7)11-19-10-12(2)3/h12,14,19H,8-11H2,1-7H3. The first kappa shape index (κ1) is 18.7. The number of halogens is 1. The molecule has 4 heteroatoms. The topological polar surface area (TPSA) is 29.9 Å². The molecule has 122 valence electrons. The molecular weight excluding hydrogens is 326 g/mol. The van der Waals surface area contributed by atoms with Crippen LogP contribution in [0.5, 0.6) is 0 Å². The van der Waals surface area contributed by atoms with Gasteiger partial charge in [-0.2, -0.15) is 5.10 Å². The molecule has 0 amide bonds. The highest BCUT2D eigenvalue weighted by Gasteiger charge is 2.27. The van der Waals surface area contributed by atoms with Crippen molar-refractivity contribution < 1.29 is 0 Å². The van der Waals surface area contributed by atoms with E-state index in [0.29, 0.717) is 11.8 Å². The third-order valence-electron chi connectivity index (χ3n) is 4.06. The number of nitrogens with one attached hydrogen (secondary N) is 1. The summed E-state index contributed by atoms with van der Waals surface area (Å²) in [4.78, 5) is 0. The van der Waals surface area contributed by atoms with Gasteiger partial charge in [-0.05, 0) is 66.5 Å². The van der Waals surface area contributed by atoms with Crippen molar-refractivity contribution in [2.75, 3.05) is 13.1 Å². The lowest BCUT2D eigenvalue weighted by Gasteiger charge is -2.31. The molecule has 0 fully saturated rings. The van der Waals surface area contributed by atoms with E-state index in [9.17, 15) is 0 Å². The van der Waals surface area contributed by atoms with Crippen molar-refractivity contribution in [3.8, 4) is 0 Å². The molecule has 3 nitrogen and oxygen atoms in total. The fourth-order valence-electron chi connectivity index (χ4n) is 2.53. The Bertz CT molecular complexity index is 444. The molecule has 1 unspecified atom stereocenters. The first-order valence-electron chi connectivity index (χ1n) is 8.09. The Morgan fingerprint density at radius 2 is 1.86 bits per heavy atom. The molecule has 1 aromatic heterocycles. The van der Waals surface area contributed by atoms with Crippen molar-refractivity contribution in [1.82, 2.24) is 15.1 Å². The minimum absolute atomic E-state index is 0.278. The number of hydrogen-bond donors (Lipinski definition) is 1. The number of aryl methyl sites for hydroxylation is 2. The molecule has 1 N–H and O–H groups in total. The molecule has 1 rings (SSSR count). The molecule has 1 heterocycles. The molecule has 0 saturated carbocycles. The normalized spacial score (nSPS) is 14.0. The van der Waals surface area contributed by atoms with Gasteiger partial charge in [-0.1, -0.05) is 34.6 Å². The van der Waals surface area contributed by atoms with Crippen LogP contribution in [-0.4, -0.2) is 22.9 Å². The highest BCUT2D eigenvalue weighted by Crippen LogP contribution is 2.32. The first-order valence-corrected chi connectivity index (χ1v) is 8.88. The Morgan fingerprint density at radius 3 is 2.33 bits per heavy atom. The van der Waals surface area contributed by atoms with Gasteiger partial charge < -0.3 is 5.32 Å². The average molecular weight is 358 g/mol. The lowest BCUT2D eigenvalue weighted by molar-refractivity contribution is 0.224. The maximum absolute atomic E-state index is 4.62. The summed E-state index contributed by atoms with van der Waals surface area (Å²) in [5.41, 5.74) is 2.70. The first-order chi connectivity index (χ1) is 9.66. The molecule has 0 saturated heterocycles. The van der Waals surface area contributed by atoms with Crippen LogP contribution < -0.4 is 5.32 Å². The Kier molecular flexibility index (Phi) is 6.92. The summed E-state index contributed by atoms with van der Waals surface area (Å²) in [5.74, 6) is 1.29. The summed E-state index contributed by atoms with van der Waals surface area (Å²) < 4.78 is 3.32. The second-order valence-corrected chi connectivity index (χ2v) is 8.27. The molecule has 1 aromatic rings. The zero-order valence-electron chi connectivity index (χ0n) is 14.8. The van der Waals surface area contributed by atoms with Crippen molar-refractivity contribution in [3.05, 3.63) is 15.9 Å². The van der Waals surface area contributed by atoms with Gasteiger partial charge in [-0.25, -0.2) is 0 Å². The van der Waals surface area contributed by atoms with Crippen molar-refractivity contribution in [2.45, 2.75) is 61.4 Å². The van der Waals surface area contributed by atoms with E-state index in [1.165, 1.54) is 10.2 Å². The fraction of sp³-hybridized carbons (Fsp3) is 0.824. The zero-order chi connectivity index (χ0) is 16.2. The highest BCUT2D eigenvalue weighted by atomic mass is 79.9. The van der Waals surface area contributed by atoms with Crippen LogP contribution in [0.4, 0.5) is 0 Å². The SMILES string of the molecule is CCn1nc(C)c(Br)c1CC(CNCC(C)C)C(C)(C)C. The van der Waals surface area contributed by atoms with E-state index in [1.54, 1.807) is 0 Å². The molecule has 1 atom stereocenters. The molecule has 0 spiro atoms. The summed E-state index contributed by atoms with van der Waals surface area (Å²) in [6.45, 7) is 18.8. The van der Waals surface area contributed by atoms with E-state index in [4.69, 9.17) is 0 Å². The molecule has 0 aliphatic carbocycles. The third kappa shape index (κ3) is 5.41. The molecule has 0 aromatic carbocycles. The lowest BCUT2D eigenvalue weighted by Crippen LogP contribution is -2.35. The van der Waals surface area contributed by atoms with Crippen molar-refractivity contribution >= 4 is 15.9 Å². The van der Waals surface area contributed by atoms with E-state index in [2.05, 4.69) is 79.5 Å². The van der Waals surface area contributed by atoms with E-state index < -0.39 is 0 Å². The number of hydrogen-bond acceptors (Lipinski definition) is 2. The predicted molar refractivity (Wildman–Crippen MR) is 94.7 cm³/mol. The van der Waals surface area contributed by atoms with Gasteiger partial charge in [0.25, 0.3) is 0 Å². The maximum Gasteiger partial charge on any atom is 0.0738 e. The van der Waals surface area contributed by atoms with Crippen LogP contribution in [-0.2, 0) is 13.0 Å². The second kappa shape index (κ2) is 7.77. The minimum atomic E-state index is 0.278. The summed E-state index contributed by atoms with van der Waals surface area (Å²) in [6, 6.07) is 0. The van der Waals surface area contributed by atoms with Gasteiger partial charge >= 0.3 is 0 Å². The quantitative estimate of drug-likeness (QED) is 0.782. The molecule has 0 aliphatic rings. The average Bonchev–Trinajstić information content (AvgIpc) is 2.63. The predicted octanol–water partition coefficient (Wildman–Crippen LogP) is 4.42. The summed E-state index contributed by atoms with van der Waals surface area (Å²) in [7, 11) is 0. The highest BCUT2D eigenvalue weighted by molar-refractivity contribution is 9.10. The Hall–Kier alpha value is -0.350. The molecule has 0 radical (unpaired) electrons. The van der Waals surface area contributed by atoms with Crippen molar-refractivity contribution in [3.63, 3.8) is 0 Å². The van der Waals surface area contributed by atoms with Gasteiger partial charge in [0.05, 0.1) is 15.9 Å². The van der Waals surface area contributed by atoms with Gasteiger partial charge in [-0.15, -0.1) is 0 Å². The van der Waals surface area contributed by atoms with Gasteiger partial charge in [0, 0.05) is 6.54 Å². The molecule has 0 aliphatic heterocycles. The molecular formula is C17H32BrN3. The van der Waals surface area contributed by atoms with Crippen LogP contribution in [0.15, 0.2) is 4.47 Å². The summed E-state index contributed by atoms with van der Waals surface area (Å²) in [5, 5.41) is 8.25. The Morgan fingerprint density at radius 1 is 1.24 bits per heavy atom. The van der Waals surface area contributed by atoms with E-state index in [1.807, 2.05) is 0 Å². The summed E-state index contributed by atoms with van der Waals surface area (Å²) in [6.07, 6.45) is 1.06. The fourth-order valence-corrected chi connectivity index (χ4v) is 2.97. The van der Waals surface area contributed by atoms with Gasteiger partial charge in [0.15, 0.2) is 0 Å². The van der Waals surface area contributed by atoms with Gasteiger partial charge in [-0.3, -0.25) is 4.68 Å². The Labute approximate surface area is 139 Å². The van der Waals surface area contributed by atoms with Crippen molar-refractivity contribution in [1.29, 1.82) is 0 Å². The van der Waals surface area contributed by atoms with E-state index in [-0.39, 0.29) is 5.41 Å². The smallest absolute Gasteiger partial charge is 0.0738 e. The van der Waals surface area contributed by atoms with Crippen LogP contribution >= 0.6 is 15.9 Å². The van der Waals surface area contributed by atoms with Crippen LogP contribution in [0.2, 0.25) is 0 Å². The van der Waals surface area contributed by atoms with Gasteiger partial charge in [0.2, 0.25) is 0 Å². The largest absolute Gasteiger partial charge is 0.316 e. The van der Waals surface area contributed by atoms with Crippen LogP contribution in [0.25, 0.3) is 0 Å². The summed E-state index contributed by atoms with van der Waals surface area (Å²) >= 11 is 3.72. The number of rotatable bonds is 7. The molecule has 0 bridgehead atoms. The number of nitrogens with zero attached hydrogens (tertiary/aromatic N) is 2. The minimum Gasteiger partial charge on any atom is -0.316 e. The second-order valence-electron chi connectivity index (χ2n) is 7.48. The van der Waals surface area contributed by atoms with E-state index in [0.717, 1.165) is 31.7 Å². The zero-order valence-corrected chi connectivity index (χ0v) is 16.3.